The molecule has 0 radical (unpaired) electrons. The minimum Gasteiger partial charge on any atom is -0.458 e. The van der Waals surface area contributed by atoms with Gasteiger partial charge < -0.3 is 10.1 Å². The summed E-state index contributed by atoms with van der Waals surface area (Å²) in [6.45, 7) is 11.7. The van der Waals surface area contributed by atoms with Crippen LogP contribution < -0.4 is 5.32 Å². The van der Waals surface area contributed by atoms with Gasteiger partial charge in [0, 0.05) is 6.42 Å². The van der Waals surface area contributed by atoms with E-state index in [0.717, 1.165) is 18.4 Å². The molecule has 28 heavy (non-hydrogen) atoms. The molecule has 2 atom stereocenters. The fraction of sp³-hybridized carbons (Fsp3) is 0.545. The minimum atomic E-state index is -0.810. The van der Waals surface area contributed by atoms with Crippen LogP contribution in [0.5, 0.6) is 0 Å². The second kappa shape index (κ2) is 10.4. The van der Waals surface area contributed by atoms with Crippen molar-refractivity contribution in [1.29, 1.82) is 0 Å². The highest BCUT2D eigenvalue weighted by atomic mass is 16.6. The Morgan fingerprint density at radius 1 is 1.25 bits per heavy atom. The average Bonchev–Trinajstić information content (AvgIpc) is 2.58. The number of nitrogens with one attached hydrogen (secondary N) is 1. The summed E-state index contributed by atoms with van der Waals surface area (Å²) in [5.74, 6) is -0.853. The van der Waals surface area contributed by atoms with Crippen molar-refractivity contribution in [3.05, 3.63) is 48.2 Å². The molecule has 6 nitrogen and oxygen atoms in total. The van der Waals surface area contributed by atoms with Gasteiger partial charge in [-0.2, -0.15) is 4.65 Å². The number of hydroxylamine groups is 3. The maximum Gasteiger partial charge on any atom is 0.329 e. The smallest absolute Gasteiger partial charge is 0.329 e. The second-order valence-electron chi connectivity index (χ2n) is 8.30. The maximum absolute atomic E-state index is 12.6. The highest BCUT2D eigenvalue weighted by Gasteiger charge is 2.30. The lowest BCUT2D eigenvalue weighted by atomic mass is 10.1. The molecule has 1 amide bonds. The molecule has 0 saturated heterocycles. The van der Waals surface area contributed by atoms with E-state index >= 15 is 0 Å². The third kappa shape index (κ3) is 8.67. The monoisotopic (exact) mass is 391 g/mol. The number of carbonyl (C=O) groups excluding carboxylic acids is 2. The van der Waals surface area contributed by atoms with Crippen molar-refractivity contribution in [1.82, 2.24) is 5.32 Å². The van der Waals surface area contributed by atoms with Gasteiger partial charge in [-0.3, -0.25) is 4.79 Å². The van der Waals surface area contributed by atoms with E-state index in [1.807, 2.05) is 37.3 Å². The summed E-state index contributed by atoms with van der Waals surface area (Å²) >= 11 is 0. The Morgan fingerprint density at radius 3 is 2.39 bits per heavy atom. The molecule has 6 heteroatoms. The molecule has 0 saturated carbocycles. The number of nitrogens with zero attached hydrogens (tertiary/aromatic N) is 1. The Balaban J connectivity index is 2.82. The predicted molar refractivity (Wildman–Crippen MR) is 109 cm³/mol. The van der Waals surface area contributed by atoms with E-state index in [9.17, 15) is 14.8 Å². The van der Waals surface area contributed by atoms with Gasteiger partial charge in [-0.15, -0.1) is 0 Å². The van der Waals surface area contributed by atoms with Crippen LogP contribution in [0.25, 0.3) is 0 Å². The molecule has 0 heterocycles. The van der Waals surface area contributed by atoms with Gasteiger partial charge in [0.15, 0.2) is 0 Å². The van der Waals surface area contributed by atoms with Crippen LogP contribution in [0.3, 0.4) is 0 Å². The van der Waals surface area contributed by atoms with E-state index < -0.39 is 22.3 Å². The topological polar surface area (TPSA) is 75.6 Å². The molecular weight excluding hydrogens is 356 g/mol. The normalized spacial score (nSPS) is 14.6. The standard InChI is InChI=1S/C22H34N2O4/c1-7-8-14-24(6,27)17(2)15-20(25)23-19(21(26)28-22(3,4)5)16-18-12-10-9-11-13-18/h9-13,19,27H,2,7-8,14-16H2,1,3-6H3/p+1/t19-,24?/m0/s1. The number of hydrogen-bond donors (Lipinski definition) is 2. The number of quaternary nitrogens is 1. The van der Waals surface area contributed by atoms with E-state index in [-0.39, 0.29) is 12.3 Å². The van der Waals surface area contributed by atoms with E-state index in [1.54, 1.807) is 27.8 Å². The van der Waals surface area contributed by atoms with Gasteiger partial charge in [0.1, 0.15) is 37.4 Å². The van der Waals surface area contributed by atoms with Crippen LogP contribution in [0.4, 0.5) is 0 Å². The number of rotatable bonds is 10. The van der Waals surface area contributed by atoms with E-state index in [1.165, 1.54) is 0 Å². The van der Waals surface area contributed by atoms with Crippen molar-refractivity contribution in [2.75, 3.05) is 13.6 Å². The van der Waals surface area contributed by atoms with E-state index in [4.69, 9.17) is 4.74 Å². The summed E-state index contributed by atoms with van der Waals surface area (Å²) in [7, 11) is 1.61. The zero-order chi connectivity index (χ0) is 21.4. The maximum atomic E-state index is 12.6. The molecule has 1 rings (SSSR count). The predicted octanol–water partition coefficient (Wildman–Crippen LogP) is 3.60. The fourth-order valence-corrected chi connectivity index (χ4v) is 2.64. The van der Waals surface area contributed by atoms with E-state index in [2.05, 4.69) is 11.9 Å². The fourth-order valence-electron chi connectivity index (χ4n) is 2.64. The molecule has 0 spiro atoms. The summed E-state index contributed by atoms with van der Waals surface area (Å²) in [6, 6.07) is 8.64. The molecule has 156 valence electrons. The molecule has 0 aromatic heterocycles. The lowest BCUT2D eigenvalue weighted by Crippen LogP contribution is -2.47. The third-order valence-electron chi connectivity index (χ3n) is 4.30. The summed E-state index contributed by atoms with van der Waals surface area (Å²) in [4.78, 5) is 25.2. The van der Waals surface area contributed by atoms with Gasteiger partial charge in [0.25, 0.3) is 0 Å². The lowest BCUT2D eigenvalue weighted by Gasteiger charge is -2.27. The molecule has 1 unspecified atom stereocenters. The first-order valence-electron chi connectivity index (χ1n) is 9.77. The van der Waals surface area contributed by atoms with Crippen molar-refractivity contribution in [2.45, 2.75) is 65.0 Å². The van der Waals surface area contributed by atoms with Crippen molar-refractivity contribution in [3.8, 4) is 0 Å². The van der Waals surface area contributed by atoms with Crippen LogP contribution in [0.15, 0.2) is 42.6 Å². The molecule has 0 aliphatic carbocycles. The number of amides is 1. The molecule has 0 aliphatic heterocycles. The highest BCUT2D eigenvalue weighted by Crippen LogP contribution is 2.16. The molecule has 0 aliphatic rings. The number of carbonyl (C=O) groups is 2. The Hall–Kier alpha value is -2.18. The highest BCUT2D eigenvalue weighted by molar-refractivity contribution is 5.85. The number of hydrogen-bond acceptors (Lipinski definition) is 4. The van der Waals surface area contributed by atoms with Gasteiger partial charge in [-0.05, 0) is 39.3 Å². The first-order valence-corrected chi connectivity index (χ1v) is 9.77. The number of ether oxygens (including phenoxy) is 1. The van der Waals surface area contributed by atoms with Crippen molar-refractivity contribution >= 4 is 11.9 Å². The second-order valence-corrected chi connectivity index (χ2v) is 8.30. The van der Waals surface area contributed by atoms with Gasteiger partial charge in [-0.1, -0.05) is 43.7 Å². The third-order valence-corrected chi connectivity index (χ3v) is 4.30. The van der Waals surface area contributed by atoms with Crippen LogP contribution in [0.2, 0.25) is 0 Å². The molecule has 0 fully saturated rings. The largest absolute Gasteiger partial charge is 0.458 e. The Morgan fingerprint density at radius 2 is 1.86 bits per heavy atom. The SMILES string of the molecule is C=C(CC(=O)N[C@@H](Cc1ccccc1)C(=O)OC(C)(C)C)[N+](C)(O)CCCC. The molecule has 0 bridgehead atoms. The Bertz CT molecular complexity index is 663. The molecule has 1 aromatic rings. The van der Waals surface area contributed by atoms with Gasteiger partial charge in [0.2, 0.25) is 5.91 Å². The van der Waals surface area contributed by atoms with Crippen molar-refractivity contribution in [3.63, 3.8) is 0 Å². The van der Waals surface area contributed by atoms with Crippen molar-refractivity contribution in [2.24, 2.45) is 0 Å². The zero-order valence-corrected chi connectivity index (χ0v) is 17.8. The van der Waals surface area contributed by atoms with Crippen LogP contribution in [-0.4, -0.2) is 47.0 Å². The quantitative estimate of drug-likeness (QED) is 0.363. The number of benzene rings is 1. The zero-order valence-electron chi connectivity index (χ0n) is 17.8. The molecular formula is C22H35N2O4+. The number of esters is 1. The van der Waals surface area contributed by atoms with Crippen LogP contribution in [0, 0.1) is 0 Å². The first kappa shape index (κ1) is 23.9. The lowest BCUT2D eigenvalue weighted by molar-refractivity contribution is -1.06. The number of unbranched alkanes of at least 4 members (excludes halogenated alkanes) is 1. The summed E-state index contributed by atoms with van der Waals surface area (Å²) < 4.78 is 5.06. The van der Waals surface area contributed by atoms with Crippen molar-refractivity contribution < 1.29 is 24.2 Å². The minimum absolute atomic E-state index is 0.0647. The van der Waals surface area contributed by atoms with Crippen LogP contribution in [-0.2, 0) is 20.7 Å². The van der Waals surface area contributed by atoms with Crippen LogP contribution in [0.1, 0.15) is 52.5 Å². The summed E-state index contributed by atoms with van der Waals surface area (Å²) in [6.07, 6.45) is 2.02. The Kier molecular flexibility index (Phi) is 8.85. The van der Waals surface area contributed by atoms with Crippen LogP contribution >= 0.6 is 0 Å². The van der Waals surface area contributed by atoms with Gasteiger partial charge >= 0.3 is 5.97 Å². The van der Waals surface area contributed by atoms with Gasteiger partial charge in [0.05, 0.1) is 0 Å². The van der Waals surface area contributed by atoms with Gasteiger partial charge in [-0.25, -0.2) is 10.0 Å². The first-order chi connectivity index (χ1) is 12.9. The average molecular weight is 392 g/mol. The molecule has 2 N–H and O–H groups in total. The molecule has 1 aromatic carbocycles. The van der Waals surface area contributed by atoms with E-state index in [0.29, 0.717) is 18.7 Å². The summed E-state index contributed by atoms with van der Waals surface area (Å²) in [5.41, 5.74) is 0.651. The summed E-state index contributed by atoms with van der Waals surface area (Å²) in [5, 5.41) is 13.2. The Labute approximate surface area is 168 Å².